The number of hydrogen-bond acceptors (Lipinski definition) is 6. The highest BCUT2D eigenvalue weighted by molar-refractivity contribution is 7.99. The quantitative estimate of drug-likeness (QED) is 0.571. The standard InChI is InChI=1S/C15H18FN3O3S/c1-4-19-14(17-18-15(19)23-9-13(20)21-3)10(2)22-12-7-5-11(16)6-8-12/h5-8,10H,4,9H2,1-3H3. The van der Waals surface area contributed by atoms with E-state index in [4.69, 9.17) is 4.74 Å². The van der Waals surface area contributed by atoms with Gasteiger partial charge < -0.3 is 14.0 Å². The van der Waals surface area contributed by atoms with Crippen molar-refractivity contribution in [3.8, 4) is 5.75 Å². The normalized spacial score (nSPS) is 12.0. The molecule has 0 saturated carbocycles. The van der Waals surface area contributed by atoms with E-state index in [9.17, 15) is 9.18 Å². The van der Waals surface area contributed by atoms with Gasteiger partial charge in [-0.2, -0.15) is 0 Å². The Hall–Kier alpha value is -2.09. The van der Waals surface area contributed by atoms with Crippen LogP contribution in [-0.4, -0.2) is 33.6 Å². The Labute approximate surface area is 138 Å². The van der Waals surface area contributed by atoms with Gasteiger partial charge in [-0.1, -0.05) is 11.8 Å². The lowest BCUT2D eigenvalue weighted by molar-refractivity contribution is -0.137. The molecule has 0 N–H and O–H groups in total. The SMILES string of the molecule is CCn1c(SCC(=O)OC)nnc1C(C)Oc1ccc(F)cc1. The summed E-state index contributed by atoms with van der Waals surface area (Å²) in [4.78, 5) is 11.2. The maximum atomic E-state index is 12.9. The van der Waals surface area contributed by atoms with Gasteiger partial charge in [0.1, 0.15) is 11.6 Å². The molecule has 0 saturated heterocycles. The summed E-state index contributed by atoms with van der Waals surface area (Å²) in [5, 5.41) is 8.87. The van der Waals surface area contributed by atoms with Gasteiger partial charge >= 0.3 is 5.97 Å². The first-order valence-electron chi connectivity index (χ1n) is 7.10. The van der Waals surface area contributed by atoms with E-state index < -0.39 is 0 Å². The zero-order chi connectivity index (χ0) is 16.8. The van der Waals surface area contributed by atoms with Crippen LogP contribution in [0.3, 0.4) is 0 Å². The molecule has 0 radical (unpaired) electrons. The van der Waals surface area contributed by atoms with Crippen LogP contribution in [0.4, 0.5) is 4.39 Å². The number of ether oxygens (including phenoxy) is 2. The topological polar surface area (TPSA) is 66.2 Å². The molecule has 2 rings (SSSR count). The Morgan fingerprint density at radius 3 is 2.65 bits per heavy atom. The van der Waals surface area contributed by atoms with Crippen LogP contribution in [0.5, 0.6) is 5.75 Å². The van der Waals surface area contributed by atoms with Crippen LogP contribution < -0.4 is 4.74 Å². The third-order valence-electron chi connectivity index (χ3n) is 3.10. The molecule has 0 aliphatic carbocycles. The van der Waals surface area contributed by atoms with Crippen LogP contribution in [0.1, 0.15) is 25.8 Å². The molecule has 1 unspecified atom stereocenters. The van der Waals surface area contributed by atoms with Crippen LogP contribution in [0.25, 0.3) is 0 Å². The van der Waals surface area contributed by atoms with Gasteiger partial charge in [-0.3, -0.25) is 4.79 Å². The molecule has 1 aromatic heterocycles. The summed E-state index contributed by atoms with van der Waals surface area (Å²) >= 11 is 1.26. The van der Waals surface area contributed by atoms with E-state index in [0.29, 0.717) is 23.3 Å². The van der Waals surface area contributed by atoms with E-state index in [-0.39, 0.29) is 23.6 Å². The number of carbonyl (C=O) groups excluding carboxylic acids is 1. The summed E-state index contributed by atoms with van der Waals surface area (Å²) in [5.41, 5.74) is 0. The van der Waals surface area contributed by atoms with Crippen LogP contribution in [0.2, 0.25) is 0 Å². The first-order chi connectivity index (χ1) is 11.0. The number of methoxy groups -OCH3 is 1. The Morgan fingerprint density at radius 2 is 2.04 bits per heavy atom. The highest BCUT2D eigenvalue weighted by Gasteiger charge is 2.19. The number of rotatable bonds is 7. The van der Waals surface area contributed by atoms with Gasteiger partial charge in [0.2, 0.25) is 0 Å². The number of aromatic nitrogens is 3. The summed E-state index contributed by atoms with van der Waals surface area (Å²) in [6.45, 7) is 4.44. The summed E-state index contributed by atoms with van der Waals surface area (Å²) in [6, 6.07) is 5.80. The molecule has 1 atom stereocenters. The maximum absolute atomic E-state index is 12.9. The minimum atomic E-state index is -0.361. The van der Waals surface area contributed by atoms with E-state index in [2.05, 4.69) is 14.9 Å². The first kappa shape index (κ1) is 17.3. The van der Waals surface area contributed by atoms with Crippen molar-refractivity contribution in [1.82, 2.24) is 14.8 Å². The van der Waals surface area contributed by atoms with Gasteiger partial charge in [-0.05, 0) is 38.1 Å². The molecule has 124 valence electrons. The monoisotopic (exact) mass is 339 g/mol. The van der Waals surface area contributed by atoms with Crippen molar-refractivity contribution < 1.29 is 18.7 Å². The molecule has 0 bridgehead atoms. The van der Waals surface area contributed by atoms with E-state index in [0.717, 1.165) is 0 Å². The molecule has 0 aliphatic rings. The highest BCUT2D eigenvalue weighted by Crippen LogP contribution is 2.24. The number of benzene rings is 1. The van der Waals surface area contributed by atoms with Crippen LogP contribution in [-0.2, 0) is 16.1 Å². The first-order valence-corrected chi connectivity index (χ1v) is 8.08. The number of thioether (sulfide) groups is 1. The lowest BCUT2D eigenvalue weighted by atomic mass is 10.3. The van der Waals surface area contributed by atoms with Crippen molar-refractivity contribution in [2.45, 2.75) is 31.7 Å². The van der Waals surface area contributed by atoms with Gasteiger partial charge in [-0.15, -0.1) is 10.2 Å². The Balaban J connectivity index is 2.10. The summed E-state index contributed by atoms with van der Waals surface area (Å²) in [6.07, 6.45) is -0.361. The zero-order valence-corrected chi connectivity index (χ0v) is 14.0. The van der Waals surface area contributed by atoms with Crippen molar-refractivity contribution in [2.24, 2.45) is 0 Å². The summed E-state index contributed by atoms with van der Waals surface area (Å²) in [5.74, 6) is 0.723. The van der Waals surface area contributed by atoms with Gasteiger partial charge in [0.15, 0.2) is 17.1 Å². The average Bonchev–Trinajstić information content (AvgIpc) is 2.97. The molecule has 6 nitrogen and oxygen atoms in total. The maximum Gasteiger partial charge on any atom is 0.316 e. The van der Waals surface area contributed by atoms with E-state index in [1.54, 1.807) is 12.1 Å². The van der Waals surface area contributed by atoms with Gasteiger partial charge in [-0.25, -0.2) is 4.39 Å². The molecular formula is C15H18FN3O3S. The van der Waals surface area contributed by atoms with Gasteiger partial charge in [0.05, 0.1) is 12.9 Å². The second kappa shape index (κ2) is 7.96. The number of carbonyl (C=O) groups is 1. The Morgan fingerprint density at radius 1 is 1.35 bits per heavy atom. The van der Waals surface area contributed by atoms with Crippen molar-refractivity contribution in [2.75, 3.05) is 12.9 Å². The molecule has 0 aliphatic heterocycles. The van der Waals surface area contributed by atoms with E-state index in [1.807, 2.05) is 18.4 Å². The second-order valence-corrected chi connectivity index (χ2v) is 5.61. The fourth-order valence-corrected chi connectivity index (χ4v) is 2.80. The molecule has 0 amide bonds. The Bertz CT molecular complexity index is 660. The molecule has 0 spiro atoms. The predicted octanol–water partition coefficient (Wildman–Crippen LogP) is 2.84. The minimum absolute atomic E-state index is 0.168. The zero-order valence-electron chi connectivity index (χ0n) is 13.2. The third-order valence-corrected chi connectivity index (χ3v) is 4.04. The van der Waals surface area contributed by atoms with Crippen molar-refractivity contribution >= 4 is 17.7 Å². The highest BCUT2D eigenvalue weighted by atomic mass is 32.2. The molecule has 23 heavy (non-hydrogen) atoms. The third kappa shape index (κ3) is 4.44. The second-order valence-electron chi connectivity index (χ2n) is 4.66. The van der Waals surface area contributed by atoms with Gasteiger partial charge in [0, 0.05) is 6.54 Å². The molecule has 2 aromatic rings. The number of nitrogens with zero attached hydrogens (tertiary/aromatic N) is 3. The molecule has 1 aromatic carbocycles. The lowest BCUT2D eigenvalue weighted by Gasteiger charge is -2.15. The summed E-state index contributed by atoms with van der Waals surface area (Å²) in [7, 11) is 1.34. The van der Waals surface area contributed by atoms with Crippen LogP contribution >= 0.6 is 11.8 Å². The molecule has 8 heteroatoms. The predicted molar refractivity (Wildman–Crippen MR) is 83.9 cm³/mol. The average molecular weight is 339 g/mol. The van der Waals surface area contributed by atoms with Crippen molar-refractivity contribution in [3.05, 3.63) is 35.9 Å². The fraction of sp³-hybridized carbons (Fsp3) is 0.400. The molecular weight excluding hydrogens is 321 g/mol. The molecule has 1 heterocycles. The van der Waals surface area contributed by atoms with E-state index in [1.165, 1.54) is 31.0 Å². The number of halogens is 1. The number of esters is 1. The fourth-order valence-electron chi connectivity index (χ4n) is 1.96. The van der Waals surface area contributed by atoms with Crippen molar-refractivity contribution in [1.29, 1.82) is 0 Å². The van der Waals surface area contributed by atoms with Crippen LogP contribution in [0.15, 0.2) is 29.4 Å². The van der Waals surface area contributed by atoms with E-state index >= 15 is 0 Å². The molecule has 0 fully saturated rings. The van der Waals surface area contributed by atoms with Crippen molar-refractivity contribution in [3.63, 3.8) is 0 Å². The van der Waals surface area contributed by atoms with Crippen LogP contribution in [0, 0.1) is 5.82 Å². The minimum Gasteiger partial charge on any atom is -0.483 e. The lowest BCUT2D eigenvalue weighted by Crippen LogP contribution is -2.12. The summed E-state index contributed by atoms with van der Waals surface area (Å²) < 4.78 is 25.2. The smallest absolute Gasteiger partial charge is 0.316 e. The van der Waals surface area contributed by atoms with Gasteiger partial charge in [0.25, 0.3) is 0 Å². The number of hydrogen-bond donors (Lipinski definition) is 0. The largest absolute Gasteiger partial charge is 0.483 e. The Kier molecular flexibility index (Phi) is 5.97.